The third-order valence-corrected chi connectivity index (χ3v) is 3.21. The Morgan fingerprint density at radius 3 is 2.59 bits per heavy atom. The van der Waals surface area contributed by atoms with E-state index in [1.807, 2.05) is 19.2 Å². The fourth-order valence-electron chi connectivity index (χ4n) is 1.75. The van der Waals surface area contributed by atoms with Crippen LogP contribution in [0.2, 0.25) is 10.0 Å². The number of nitrogens with zero attached hydrogens (tertiary/aromatic N) is 1. The Morgan fingerprint density at radius 1 is 1.24 bits per heavy atom. The molecule has 0 unspecified atom stereocenters. The van der Waals surface area contributed by atoms with Crippen molar-refractivity contribution in [3.63, 3.8) is 0 Å². The second kappa shape index (κ2) is 7.93. The maximum Gasteiger partial charge on any atom is 0.0465 e. The van der Waals surface area contributed by atoms with E-state index in [0.29, 0.717) is 5.02 Å². The average molecular weight is 275 g/mol. The Balaban J connectivity index is 2.64. The first-order valence-electron chi connectivity index (χ1n) is 5.98. The number of nitrogens with one attached hydrogen (secondary N) is 1. The van der Waals surface area contributed by atoms with Crippen molar-refractivity contribution in [3.8, 4) is 0 Å². The summed E-state index contributed by atoms with van der Waals surface area (Å²) in [6, 6.07) is 5.71. The quantitative estimate of drug-likeness (QED) is 0.820. The first kappa shape index (κ1) is 14.8. The highest BCUT2D eigenvalue weighted by atomic mass is 35.5. The molecule has 2 nitrogen and oxygen atoms in total. The lowest BCUT2D eigenvalue weighted by Crippen LogP contribution is -2.31. The van der Waals surface area contributed by atoms with Gasteiger partial charge < -0.3 is 5.32 Å². The molecule has 1 rings (SSSR count). The summed E-state index contributed by atoms with van der Waals surface area (Å²) in [5, 5.41) is 4.61. The Labute approximate surface area is 114 Å². The summed E-state index contributed by atoms with van der Waals surface area (Å²) in [7, 11) is 1.97. The standard InChI is InChI=1S/C13H20Cl2N2/c1-3-7-17(8-6-16-2)10-11-4-5-12(14)9-13(11)15/h4-5,9,16H,3,6-8,10H2,1-2H3. The Hall–Kier alpha value is -0.280. The molecule has 1 N–H and O–H groups in total. The van der Waals surface area contributed by atoms with Crippen LogP contribution in [-0.4, -0.2) is 31.6 Å². The second-order valence-electron chi connectivity index (χ2n) is 4.12. The summed E-state index contributed by atoms with van der Waals surface area (Å²) in [4.78, 5) is 2.39. The topological polar surface area (TPSA) is 15.3 Å². The van der Waals surface area contributed by atoms with Gasteiger partial charge in [0.05, 0.1) is 0 Å². The molecule has 0 aliphatic heterocycles. The highest BCUT2D eigenvalue weighted by Crippen LogP contribution is 2.22. The molecule has 0 radical (unpaired) electrons. The summed E-state index contributed by atoms with van der Waals surface area (Å²) < 4.78 is 0. The molecule has 0 fully saturated rings. The van der Waals surface area contributed by atoms with Crippen molar-refractivity contribution in [2.24, 2.45) is 0 Å². The minimum absolute atomic E-state index is 0.691. The molecule has 0 saturated carbocycles. The number of hydrogen-bond donors (Lipinski definition) is 1. The Bertz CT molecular complexity index is 342. The van der Waals surface area contributed by atoms with Gasteiger partial charge >= 0.3 is 0 Å². The van der Waals surface area contributed by atoms with E-state index in [9.17, 15) is 0 Å². The van der Waals surface area contributed by atoms with Crippen LogP contribution in [0.15, 0.2) is 18.2 Å². The minimum Gasteiger partial charge on any atom is -0.318 e. The molecular weight excluding hydrogens is 255 g/mol. The van der Waals surface area contributed by atoms with Crippen LogP contribution in [0.3, 0.4) is 0 Å². The summed E-state index contributed by atoms with van der Waals surface area (Å²) in [5.74, 6) is 0. The Morgan fingerprint density at radius 2 is 2.00 bits per heavy atom. The number of halogens is 2. The first-order chi connectivity index (χ1) is 8.17. The van der Waals surface area contributed by atoms with E-state index in [4.69, 9.17) is 23.2 Å². The van der Waals surface area contributed by atoms with Crippen LogP contribution in [-0.2, 0) is 6.54 Å². The van der Waals surface area contributed by atoms with Gasteiger partial charge in [0, 0.05) is 29.7 Å². The van der Waals surface area contributed by atoms with Gasteiger partial charge in [-0.05, 0) is 37.7 Å². The molecule has 1 aromatic rings. The van der Waals surface area contributed by atoms with E-state index in [2.05, 4.69) is 17.1 Å². The zero-order valence-corrected chi connectivity index (χ0v) is 12.0. The monoisotopic (exact) mass is 274 g/mol. The largest absolute Gasteiger partial charge is 0.318 e. The molecule has 0 aliphatic rings. The molecule has 96 valence electrons. The van der Waals surface area contributed by atoms with Gasteiger partial charge in [0.2, 0.25) is 0 Å². The number of likely N-dealkylation sites (N-methyl/N-ethyl adjacent to an activating group) is 1. The fraction of sp³-hybridized carbons (Fsp3) is 0.538. The lowest BCUT2D eigenvalue weighted by Gasteiger charge is -2.22. The van der Waals surface area contributed by atoms with Gasteiger partial charge in [-0.2, -0.15) is 0 Å². The van der Waals surface area contributed by atoms with Gasteiger partial charge in [0.15, 0.2) is 0 Å². The molecule has 0 aliphatic carbocycles. The fourth-order valence-corrected chi connectivity index (χ4v) is 2.22. The predicted molar refractivity (Wildman–Crippen MR) is 76.0 cm³/mol. The normalized spacial score (nSPS) is 11.1. The molecule has 1 aromatic carbocycles. The summed E-state index contributed by atoms with van der Waals surface area (Å²) in [5.41, 5.74) is 1.14. The molecular formula is C13H20Cl2N2. The van der Waals surface area contributed by atoms with Crippen molar-refractivity contribution in [2.45, 2.75) is 19.9 Å². The average Bonchev–Trinajstić information content (AvgIpc) is 2.29. The van der Waals surface area contributed by atoms with E-state index >= 15 is 0 Å². The van der Waals surface area contributed by atoms with E-state index in [1.54, 1.807) is 6.07 Å². The second-order valence-corrected chi connectivity index (χ2v) is 4.96. The minimum atomic E-state index is 0.691. The zero-order chi connectivity index (χ0) is 12.7. The van der Waals surface area contributed by atoms with Crippen molar-refractivity contribution < 1.29 is 0 Å². The molecule has 0 amide bonds. The molecule has 17 heavy (non-hydrogen) atoms. The van der Waals surface area contributed by atoms with Crippen molar-refractivity contribution in [2.75, 3.05) is 26.7 Å². The lowest BCUT2D eigenvalue weighted by atomic mass is 10.2. The summed E-state index contributed by atoms with van der Waals surface area (Å²) in [6.45, 7) is 6.18. The highest BCUT2D eigenvalue weighted by Gasteiger charge is 2.07. The van der Waals surface area contributed by atoms with E-state index in [-0.39, 0.29) is 0 Å². The van der Waals surface area contributed by atoms with Gasteiger partial charge in [-0.1, -0.05) is 36.2 Å². The van der Waals surface area contributed by atoms with Crippen LogP contribution >= 0.6 is 23.2 Å². The zero-order valence-electron chi connectivity index (χ0n) is 10.5. The van der Waals surface area contributed by atoms with Gasteiger partial charge in [0.25, 0.3) is 0 Å². The number of rotatable bonds is 7. The molecule has 0 spiro atoms. The Kier molecular flexibility index (Phi) is 6.90. The predicted octanol–water partition coefficient (Wildman–Crippen LogP) is 3.42. The van der Waals surface area contributed by atoms with E-state index in [1.165, 1.54) is 0 Å². The lowest BCUT2D eigenvalue weighted by molar-refractivity contribution is 0.268. The van der Waals surface area contributed by atoms with E-state index < -0.39 is 0 Å². The van der Waals surface area contributed by atoms with Crippen molar-refractivity contribution in [1.29, 1.82) is 0 Å². The smallest absolute Gasteiger partial charge is 0.0465 e. The molecule has 0 bridgehead atoms. The summed E-state index contributed by atoms with van der Waals surface area (Å²) >= 11 is 12.1. The number of hydrogen-bond acceptors (Lipinski definition) is 2. The van der Waals surface area contributed by atoms with Crippen molar-refractivity contribution in [3.05, 3.63) is 33.8 Å². The molecule has 0 heterocycles. The van der Waals surface area contributed by atoms with Gasteiger partial charge in [-0.3, -0.25) is 4.90 Å². The van der Waals surface area contributed by atoms with Gasteiger partial charge in [-0.25, -0.2) is 0 Å². The third-order valence-electron chi connectivity index (χ3n) is 2.63. The summed E-state index contributed by atoms with van der Waals surface area (Å²) in [6.07, 6.45) is 1.15. The van der Waals surface area contributed by atoms with Gasteiger partial charge in [-0.15, -0.1) is 0 Å². The third kappa shape index (κ3) is 5.26. The van der Waals surface area contributed by atoms with Crippen molar-refractivity contribution >= 4 is 23.2 Å². The van der Waals surface area contributed by atoms with Crippen LogP contribution in [0, 0.1) is 0 Å². The first-order valence-corrected chi connectivity index (χ1v) is 6.73. The molecule has 0 atom stereocenters. The van der Waals surface area contributed by atoms with Crippen LogP contribution in [0.1, 0.15) is 18.9 Å². The highest BCUT2D eigenvalue weighted by molar-refractivity contribution is 6.35. The van der Waals surface area contributed by atoms with Crippen LogP contribution in [0.5, 0.6) is 0 Å². The molecule has 4 heteroatoms. The van der Waals surface area contributed by atoms with Crippen molar-refractivity contribution in [1.82, 2.24) is 10.2 Å². The number of benzene rings is 1. The maximum atomic E-state index is 6.18. The van der Waals surface area contributed by atoms with Crippen LogP contribution in [0.4, 0.5) is 0 Å². The van der Waals surface area contributed by atoms with Crippen LogP contribution in [0.25, 0.3) is 0 Å². The molecule has 0 aromatic heterocycles. The van der Waals surface area contributed by atoms with Crippen LogP contribution < -0.4 is 5.32 Å². The SMILES string of the molecule is CCCN(CCNC)Cc1ccc(Cl)cc1Cl. The molecule has 0 saturated heterocycles. The van der Waals surface area contributed by atoms with Gasteiger partial charge in [0.1, 0.15) is 0 Å². The van der Waals surface area contributed by atoms with E-state index in [0.717, 1.165) is 43.2 Å². The maximum absolute atomic E-state index is 6.18.